The smallest absolute Gasteiger partial charge is 0.388 e. The van der Waals surface area contributed by atoms with Crippen molar-refractivity contribution in [1.29, 1.82) is 0 Å². The van der Waals surface area contributed by atoms with E-state index in [9.17, 15) is 13.6 Å². The molecule has 0 aliphatic heterocycles. The van der Waals surface area contributed by atoms with Crippen LogP contribution in [0.4, 0.5) is 8.78 Å². The van der Waals surface area contributed by atoms with Crippen LogP contribution in [0.5, 0.6) is 11.6 Å². The highest BCUT2D eigenvalue weighted by atomic mass is 32.1. The van der Waals surface area contributed by atoms with Crippen molar-refractivity contribution in [3.8, 4) is 22.2 Å². The Hall–Kier alpha value is -3.40. The zero-order valence-electron chi connectivity index (χ0n) is 18.4. The summed E-state index contributed by atoms with van der Waals surface area (Å²) >= 11 is 1.37. The van der Waals surface area contributed by atoms with E-state index in [1.54, 1.807) is 39.0 Å². The first-order valence-corrected chi connectivity index (χ1v) is 10.9. The number of ether oxygens (including phenoxy) is 3. The van der Waals surface area contributed by atoms with Crippen LogP contribution in [0.1, 0.15) is 26.3 Å². The summed E-state index contributed by atoms with van der Waals surface area (Å²) in [7, 11) is 0. The molecule has 10 heteroatoms. The molecule has 4 rings (SSSR count). The molecule has 0 saturated carbocycles. The van der Waals surface area contributed by atoms with Crippen LogP contribution in [0.3, 0.4) is 0 Å². The fraction of sp³-hybridized carbons (Fsp3) is 0.304. The first kappa shape index (κ1) is 22.8. The van der Waals surface area contributed by atoms with Crippen LogP contribution >= 0.6 is 11.3 Å². The molecule has 33 heavy (non-hydrogen) atoms. The van der Waals surface area contributed by atoms with Gasteiger partial charge < -0.3 is 14.2 Å². The Balaban J connectivity index is 1.69. The van der Waals surface area contributed by atoms with E-state index in [4.69, 9.17) is 14.5 Å². The molecule has 0 spiro atoms. The van der Waals surface area contributed by atoms with Crippen LogP contribution in [0.25, 0.3) is 31.8 Å². The van der Waals surface area contributed by atoms with E-state index in [1.165, 1.54) is 11.3 Å². The predicted octanol–water partition coefficient (Wildman–Crippen LogP) is 5.54. The Labute approximate surface area is 192 Å². The van der Waals surface area contributed by atoms with E-state index in [-0.39, 0.29) is 12.5 Å². The number of carbonyl (C=O) groups excluding carboxylic acids is 1. The van der Waals surface area contributed by atoms with Gasteiger partial charge in [0.2, 0.25) is 5.88 Å². The molecule has 0 aliphatic rings. The lowest BCUT2D eigenvalue weighted by molar-refractivity contribution is -0.157. The summed E-state index contributed by atoms with van der Waals surface area (Å²) < 4.78 is 41.3. The van der Waals surface area contributed by atoms with Crippen LogP contribution in [0.15, 0.2) is 36.5 Å². The van der Waals surface area contributed by atoms with Crippen molar-refractivity contribution in [2.24, 2.45) is 0 Å². The number of nitrogens with zero attached hydrogens (tertiary/aromatic N) is 3. The van der Waals surface area contributed by atoms with E-state index < -0.39 is 18.2 Å². The lowest BCUT2D eigenvalue weighted by Crippen LogP contribution is -2.27. The molecule has 0 fully saturated rings. The summed E-state index contributed by atoms with van der Waals surface area (Å²) in [5, 5.41) is 0.656. The largest absolute Gasteiger partial charge is 0.480 e. The summed E-state index contributed by atoms with van der Waals surface area (Å²) in [6.45, 7) is 4.03. The third-order valence-electron chi connectivity index (χ3n) is 4.35. The van der Waals surface area contributed by atoms with E-state index in [2.05, 4.69) is 14.7 Å². The fourth-order valence-corrected chi connectivity index (χ4v) is 4.27. The third-order valence-corrected chi connectivity index (χ3v) is 5.47. The summed E-state index contributed by atoms with van der Waals surface area (Å²) in [6, 6.07) is 9.04. The first-order valence-electron chi connectivity index (χ1n) is 10.1. The Bertz CT molecular complexity index is 1330. The number of hydrogen-bond acceptors (Lipinski definition) is 8. The van der Waals surface area contributed by atoms with Crippen molar-refractivity contribution in [3.63, 3.8) is 0 Å². The Morgan fingerprint density at radius 3 is 2.67 bits per heavy atom. The van der Waals surface area contributed by atoms with E-state index >= 15 is 0 Å². The van der Waals surface area contributed by atoms with Gasteiger partial charge in [-0.25, -0.2) is 19.7 Å². The minimum absolute atomic E-state index is 0.227. The van der Waals surface area contributed by atoms with Crippen molar-refractivity contribution in [1.82, 2.24) is 15.0 Å². The number of thiazole rings is 1. The molecule has 0 unspecified atom stereocenters. The second-order valence-corrected chi connectivity index (χ2v) is 9.26. The van der Waals surface area contributed by atoms with Crippen LogP contribution in [0.2, 0.25) is 0 Å². The molecule has 4 aromatic rings. The van der Waals surface area contributed by atoms with Gasteiger partial charge >= 0.3 is 12.6 Å². The molecule has 172 valence electrons. The van der Waals surface area contributed by atoms with Gasteiger partial charge in [0.25, 0.3) is 0 Å². The van der Waals surface area contributed by atoms with Gasteiger partial charge in [-0.15, -0.1) is 11.3 Å². The van der Waals surface area contributed by atoms with E-state index in [1.807, 2.05) is 19.1 Å². The van der Waals surface area contributed by atoms with Crippen LogP contribution in [-0.4, -0.2) is 39.7 Å². The minimum atomic E-state index is -2.98. The van der Waals surface area contributed by atoms with Crippen LogP contribution in [-0.2, 0) is 9.53 Å². The quantitative estimate of drug-likeness (QED) is 0.340. The molecular formula is C23H21F2N3O4S. The maximum absolute atomic E-state index is 12.6. The van der Waals surface area contributed by atoms with Crippen molar-refractivity contribution in [2.75, 3.05) is 6.61 Å². The van der Waals surface area contributed by atoms with Crippen molar-refractivity contribution in [3.05, 3.63) is 42.1 Å². The van der Waals surface area contributed by atoms with Gasteiger partial charge in [-0.3, -0.25) is 0 Å². The number of fused-ring (bicyclic) bond motifs is 2. The van der Waals surface area contributed by atoms with Gasteiger partial charge in [-0.05, 0) is 57.5 Å². The molecule has 2 aromatic heterocycles. The number of rotatable bonds is 6. The number of halogens is 2. The van der Waals surface area contributed by atoms with E-state index in [0.717, 1.165) is 16.5 Å². The average Bonchev–Trinajstić information content (AvgIpc) is 3.14. The lowest BCUT2D eigenvalue weighted by atomic mass is 10.1. The summed E-state index contributed by atoms with van der Waals surface area (Å²) in [6.07, 6.45) is 1.16. The SMILES string of the molecule is Cc1cc(-c2nc3cccc(OCC(=O)OC(C)(C)C)c3s2)c2ncc(OC(F)F)nc2c1. The number of aromatic nitrogens is 3. The molecule has 0 amide bonds. The van der Waals surface area contributed by atoms with Gasteiger partial charge in [0.05, 0.1) is 27.4 Å². The number of esters is 1. The first-order chi connectivity index (χ1) is 15.6. The topological polar surface area (TPSA) is 83.4 Å². The number of aryl methyl sites for hydroxylation is 1. The van der Waals surface area contributed by atoms with Crippen LogP contribution in [0, 0.1) is 6.92 Å². The molecule has 0 atom stereocenters. The third kappa shape index (κ3) is 5.33. The van der Waals surface area contributed by atoms with Gasteiger partial charge in [0, 0.05) is 5.56 Å². The van der Waals surface area contributed by atoms with Gasteiger partial charge in [0.1, 0.15) is 16.4 Å². The molecule has 0 bridgehead atoms. The number of carbonyl (C=O) groups is 1. The molecular weight excluding hydrogens is 452 g/mol. The average molecular weight is 474 g/mol. The number of alkyl halides is 2. The minimum Gasteiger partial charge on any atom is -0.480 e. The zero-order valence-corrected chi connectivity index (χ0v) is 19.2. The maximum atomic E-state index is 12.6. The molecule has 0 saturated heterocycles. The van der Waals surface area contributed by atoms with Crippen molar-refractivity contribution in [2.45, 2.75) is 39.9 Å². The Morgan fingerprint density at radius 1 is 1.15 bits per heavy atom. The second kappa shape index (κ2) is 8.86. The molecule has 2 heterocycles. The number of hydrogen-bond donors (Lipinski definition) is 0. The molecule has 0 radical (unpaired) electrons. The van der Waals surface area contributed by atoms with Gasteiger partial charge in [0.15, 0.2) is 6.61 Å². The second-order valence-electron chi connectivity index (χ2n) is 8.27. The summed E-state index contributed by atoms with van der Waals surface area (Å²) in [5.41, 5.74) is 2.60. The maximum Gasteiger partial charge on any atom is 0.388 e. The lowest BCUT2D eigenvalue weighted by Gasteiger charge is -2.19. The molecule has 2 aromatic carbocycles. The van der Waals surface area contributed by atoms with Crippen LogP contribution < -0.4 is 9.47 Å². The van der Waals surface area contributed by atoms with Crippen molar-refractivity contribution >= 4 is 38.6 Å². The highest BCUT2D eigenvalue weighted by molar-refractivity contribution is 7.22. The zero-order chi connectivity index (χ0) is 23.8. The highest BCUT2D eigenvalue weighted by Crippen LogP contribution is 2.38. The highest BCUT2D eigenvalue weighted by Gasteiger charge is 2.19. The standard InChI is InChI=1S/C23H21F2N3O4S/c1-12-8-13(19-15(9-12)27-17(10-26-19)31-22(24)25)21-28-14-6-5-7-16(20(14)33-21)30-11-18(29)32-23(2,3)4/h5-10,22H,11H2,1-4H3. The van der Waals surface area contributed by atoms with E-state index in [0.29, 0.717) is 32.9 Å². The normalized spacial score (nSPS) is 11.8. The Morgan fingerprint density at radius 2 is 1.94 bits per heavy atom. The van der Waals surface area contributed by atoms with Gasteiger partial charge in [-0.2, -0.15) is 8.78 Å². The predicted molar refractivity (Wildman–Crippen MR) is 121 cm³/mol. The fourth-order valence-electron chi connectivity index (χ4n) is 3.22. The molecule has 7 nitrogen and oxygen atoms in total. The summed E-state index contributed by atoms with van der Waals surface area (Å²) in [5.74, 6) is -0.208. The summed E-state index contributed by atoms with van der Waals surface area (Å²) in [4.78, 5) is 25.2. The van der Waals surface area contributed by atoms with Crippen molar-refractivity contribution < 1.29 is 27.8 Å². The number of benzene rings is 2. The monoisotopic (exact) mass is 473 g/mol. The Kier molecular flexibility index (Phi) is 6.11. The van der Waals surface area contributed by atoms with Gasteiger partial charge in [-0.1, -0.05) is 6.07 Å². The molecule has 0 N–H and O–H groups in total. The molecule has 0 aliphatic carbocycles.